The maximum atomic E-state index is 13.0. The Morgan fingerprint density at radius 2 is 1.88 bits per heavy atom. The van der Waals surface area contributed by atoms with Gasteiger partial charge in [-0.1, -0.05) is 0 Å². The van der Waals surface area contributed by atoms with Crippen LogP contribution in [-0.2, 0) is 11.3 Å². The Bertz CT molecular complexity index is 939. The molecule has 3 aromatic rings. The van der Waals surface area contributed by atoms with E-state index in [4.69, 9.17) is 14.2 Å². The predicted molar refractivity (Wildman–Crippen MR) is 94.1 cm³/mol. The average Bonchev–Trinajstić information content (AvgIpc) is 3.15. The fourth-order valence-electron chi connectivity index (χ4n) is 2.49. The van der Waals surface area contributed by atoms with E-state index in [0.717, 1.165) is 10.6 Å². The highest BCUT2D eigenvalue weighted by molar-refractivity contribution is 7.13. The van der Waals surface area contributed by atoms with E-state index < -0.39 is 5.97 Å². The Kier molecular flexibility index (Phi) is 4.53. The minimum absolute atomic E-state index is 0.0605. The molecule has 5 nitrogen and oxygen atoms in total. The summed E-state index contributed by atoms with van der Waals surface area (Å²) in [6.45, 7) is 1.01. The molecule has 0 radical (unpaired) electrons. The van der Waals surface area contributed by atoms with Crippen molar-refractivity contribution in [3.8, 4) is 22.1 Å². The van der Waals surface area contributed by atoms with Crippen molar-refractivity contribution < 1.29 is 23.4 Å². The van der Waals surface area contributed by atoms with Crippen LogP contribution < -0.4 is 9.47 Å². The van der Waals surface area contributed by atoms with Gasteiger partial charge in [-0.05, 0) is 42.5 Å². The molecule has 0 spiro atoms. The number of aromatic nitrogens is 1. The lowest BCUT2D eigenvalue weighted by Crippen LogP contribution is -2.16. The van der Waals surface area contributed by atoms with Gasteiger partial charge < -0.3 is 14.2 Å². The quantitative estimate of drug-likeness (QED) is 0.647. The third-order valence-electron chi connectivity index (χ3n) is 3.77. The van der Waals surface area contributed by atoms with Crippen molar-refractivity contribution in [1.29, 1.82) is 0 Å². The first kappa shape index (κ1) is 16.5. The number of nitrogens with zero attached hydrogens (tertiary/aromatic N) is 1. The zero-order valence-corrected chi connectivity index (χ0v) is 14.4. The second-order valence-corrected chi connectivity index (χ2v) is 6.44. The molecule has 0 aliphatic carbocycles. The van der Waals surface area contributed by atoms with E-state index in [1.807, 2.05) is 5.38 Å². The first-order valence-corrected chi connectivity index (χ1v) is 8.84. The van der Waals surface area contributed by atoms with E-state index in [2.05, 4.69) is 4.98 Å². The van der Waals surface area contributed by atoms with Crippen LogP contribution in [0.1, 0.15) is 16.1 Å². The maximum absolute atomic E-state index is 13.0. The van der Waals surface area contributed by atoms with Crippen LogP contribution >= 0.6 is 11.3 Å². The average molecular weight is 371 g/mol. The highest BCUT2D eigenvalue weighted by Gasteiger charge is 2.16. The molecular formula is C19H14FNO4S. The number of benzene rings is 2. The van der Waals surface area contributed by atoms with Crippen LogP contribution in [0.4, 0.5) is 4.39 Å². The lowest BCUT2D eigenvalue weighted by molar-refractivity contribution is 0.0467. The van der Waals surface area contributed by atoms with Crippen molar-refractivity contribution >= 4 is 17.3 Å². The van der Waals surface area contributed by atoms with E-state index in [9.17, 15) is 9.18 Å². The fourth-order valence-corrected chi connectivity index (χ4v) is 3.30. The number of ether oxygens (including phenoxy) is 3. The summed E-state index contributed by atoms with van der Waals surface area (Å²) in [6, 6.07) is 11.1. The number of thiazole rings is 1. The van der Waals surface area contributed by atoms with Gasteiger partial charge in [-0.2, -0.15) is 0 Å². The maximum Gasteiger partial charge on any atom is 0.338 e. The van der Waals surface area contributed by atoms with Crippen molar-refractivity contribution in [2.24, 2.45) is 0 Å². The Morgan fingerprint density at radius 3 is 2.69 bits per heavy atom. The molecule has 0 saturated carbocycles. The Hall–Kier alpha value is -2.93. The number of esters is 1. The van der Waals surface area contributed by atoms with Gasteiger partial charge in [0.1, 0.15) is 30.6 Å². The van der Waals surface area contributed by atoms with Crippen LogP contribution in [0.25, 0.3) is 10.6 Å². The van der Waals surface area contributed by atoms with Gasteiger partial charge in [0.25, 0.3) is 0 Å². The molecule has 132 valence electrons. The van der Waals surface area contributed by atoms with E-state index in [-0.39, 0.29) is 12.4 Å². The molecule has 4 rings (SSSR count). The number of carbonyl (C=O) groups is 1. The lowest BCUT2D eigenvalue weighted by Gasteiger charge is -2.18. The molecule has 0 N–H and O–H groups in total. The standard InChI is InChI=1S/C19H14FNO4S/c20-14-4-1-12(2-5-14)18-21-15(11-26-18)10-25-19(22)13-3-6-16-17(9-13)24-8-7-23-16/h1-6,9,11H,7-8,10H2. The predicted octanol–water partition coefficient (Wildman–Crippen LogP) is 4.08. The van der Waals surface area contributed by atoms with Gasteiger partial charge >= 0.3 is 5.97 Å². The highest BCUT2D eigenvalue weighted by atomic mass is 32.1. The molecule has 0 fully saturated rings. The molecule has 1 aliphatic heterocycles. The number of halogens is 1. The lowest BCUT2D eigenvalue weighted by atomic mass is 10.2. The van der Waals surface area contributed by atoms with Crippen LogP contribution in [0.5, 0.6) is 11.5 Å². The van der Waals surface area contributed by atoms with Crippen molar-refractivity contribution in [3.63, 3.8) is 0 Å². The van der Waals surface area contributed by atoms with Gasteiger partial charge in [0.05, 0.1) is 11.3 Å². The summed E-state index contributed by atoms with van der Waals surface area (Å²) in [7, 11) is 0. The van der Waals surface area contributed by atoms with Crippen molar-refractivity contribution in [3.05, 3.63) is 64.9 Å². The van der Waals surface area contributed by atoms with Gasteiger partial charge in [-0.25, -0.2) is 14.2 Å². The topological polar surface area (TPSA) is 57.7 Å². The summed E-state index contributed by atoms with van der Waals surface area (Å²) in [6.07, 6.45) is 0. The van der Waals surface area contributed by atoms with Crippen LogP contribution in [0.2, 0.25) is 0 Å². The van der Waals surface area contributed by atoms with Crippen LogP contribution in [0.15, 0.2) is 47.8 Å². The first-order valence-electron chi connectivity index (χ1n) is 7.96. The van der Waals surface area contributed by atoms with E-state index in [1.165, 1.54) is 23.5 Å². The zero-order chi connectivity index (χ0) is 17.9. The minimum atomic E-state index is -0.460. The Morgan fingerprint density at radius 1 is 1.12 bits per heavy atom. The summed E-state index contributed by atoms with van der Waals surface area (Å²) >= 11 is 1.41. The Labute approximate surface area is 153 Å². The highest BCUT2D eigenvalue weighted by Crippen LogP contribution is 2.31. The van der Waals surface area contributed by atoms with Gasteiger partial charge in [-0.3, -0.25) is 0 Å². The smallest absolute Gasteiger partial charge is 0.338 e. The molecular weight excluding hydrogens is 357 g/mol. The number of hydrogen-bond donors (Lipinski definition) is 0. The normalized spacial score (nSPS) is 12.7. The van der Waals surface area contributed by atoms with Gasteiger partial charge in [0.15, 0.2) is 11.5 Å². The minimum Gasteiger partial charge on any atom is -0.486 e. The second-order valence-electron chi connectivity index (χ2n) is 5.59. The van der Waals surface area contributed by atoms with Crippen LogP contribution in [0.3, 0.4) is 0 Å². The number of rotatable bonds is 4. The van der Waals surface area contributed by atoms with Crippen molar-refractivity contribution in [2.45, 2.75) is 6.61 Å². The zero-order valence-electron chi connectivity index (χ0n) is 13.6. The summed E-state index contributed by atoms with van der Waals surface area (Å²) in [4.78, 5) is 16.7. The summed E-state index contributed by atoms with van der Waals surface area (Å²) in [5.41, 5.74) is 1.85. The summed E-state index contributed by atoms with van der Waals surface area (Å²) in [5.74, 6) is 0.409. The number of hydrogen-bond acceptors (Lipinski definition) is 6. The molecule has 0 saturated heterocycles. The number of fused-ring (bicyclic) bond motifs is 1. The van der Waals surface area contributed by atoms with Crippen molar-refractivity contribution in [1.82, 2.24) is 4.98 Å². The first-order chi connectivity index (χ1) is 12.7. The van der Waals surface area contributed by atoms with E-state index >= 15 is 0 Å². The SMILES string of the molecule is O=C(OCc1csc(-c2ccc(F)cc2)n1)c1ccc2c(c1)OCCO2. The number of carbonyl (C=O) groups excluding carboxylic acids is 1. The molecule has 2 heterocycles. The molecule has 0 bridgehead atoms. The summed E-state index contributed by atoms with van der Waals surface area (Å²) in [5, 5.41) is 2.56. The van der Waals surface area contributed by atoms with E-state index in [0.29, 0.717) is 36.0 Å². The monoisotopic (exact) mass is 371 g/mol. The van der Waals surface area contributed by atoms with Gasteiger partial charge in [0.2, 0.25) is 0 Å². The molecule has 1 aromatic heterocycles. The molecule has 0 unspecified atom stereocenters. The third-order valence-corrected chi connectivity index (χ3v) is 4.71. The van der Waals surface area contributed by atoms with Crippen LogP contribution in [0, 0.1) is 5.82 Å². The molecule has 0 amide bonds. The molecule has 26 heavy (non-hydrogen) atoms. The molecule has 2 aromatic carbocycles. The van der Waals surface area contributed by atoms with Gasteiger partial charge in [-0.15, -0.1) is 11.3 Å². The van der Waals surface area contributed by atoms with Crippen LogP contribution in [-0.4, -0.2) is 24.2 Å². The largest absolute Gasteiger partial charge is 0.486 e. The van der Waals surface area contributed by atoms with Crippen molar-refractivity contribution in [2.75, 3.05) is 13.2 Å². The third kappa shape index (κ3) is 3.52. The molecule has 1 aliphatic rings. The molecule has 0 atom stereocenters. The Balaban J connectivity index is 1.41. The van der Waals surface area contributed by atoms with E-state index in [1.54, 1.807) is 30.3 Å². The van der Waals surface area contributed by atoms with Gasteiger partial charge in [0, 0.05) is 10.9 Å². The molecule has 7 heteroatoms. The second kappa shape index (κ2) is 7.13. The summed E-state index contributed by atoms with van der Waals surface area (Å²) < 4.78 is 29.2. The fraction of sp³-hybridized carbons (Fsp3) is 0.158.